The average Bonchev–Trinajstić information content (AvgIpc) is 2.82. The van der Waals surface area contributed by atoms with Crippen LogP contribution in [-0.2, 0) is 23.6 Å². The quantitative estimate of drug-likeness (QED) is 0.821. The monoisotopic (exact) mass is 349 g/mol. The zero-order valence-electron chi connectivity index (χ0n) is 14.3. The molecule has 24 heavy (non-hydrogen) atoms. The summed E-state index contributed by atoms with van der Waals surface area (Å²) in [6.45, 7) is 7.32. The molecule has 0 unspecified atom stereocenters. The molecule has 2 aromatic heterocycles. The zero-order valence-corrected chi connectivity index (χ0v) is 15.1. The molecule has 0 atom stereocenters. The molecule has 8 heteroatoms. The van der Waals surface area contributed by atoms with Crippen LogP contribution in [0.15, 0.2) is 29.4 Å². The number of piperazine rings is 1. The van der Waals surface area contributed by atoms with E-state index in [9.17, 15) is 8.42 Å². The van der Waals surface area contributed by atoms with Crippen molar-refractivity contribution < 1.29 is 8.42 Å². The molecular formula is C16H23N5O2S. The van der Waals surface area contributed by atoms with Gasteiger partial charge in [0.15, 0.2) is 0 Å². The fraction of sp³-hybridized carbons (Fsp3) is 0.500. The molecular weight excluding hydrogens is 326 g/mol. The average molecular weight is 349 g/mol. The van der Waals surface area contributed by atoms with E-state index in [0.29, 0.717) is 26.2 Å². The number of hydrogen-bond acceptors (Lipinski definition) is 5. The fourth-order valence-electron chi connectivity index (χ4n) is 3.05. The van der Waals surface area contributed by atoms with Crippen LogP contribution in [0.25, 0.3) is 0 Å². The Hall–Kier alpha value is -1.77. The Morgan fingerprint density at radius 2 is 1.88 bits per heavy atom. The second-order valence-corrected chi connectivity index (χ2v) is 8.08. The predicted molar refractivity (Wildman–Crippen MR) is 91.0 cm³/mol. The topological polar surface area (TPSA) is 71.3 Å². The van der Waals surface area contributed by atoms with Gasteiger partial charge in [-0.1, -0.05) is 0 Å². The summed E-state index contributed by atoms with van der Waals surface area (Å²) < 4.78 is 28.7. The summed E-state index contributed by atoms with van der Waals surface area (Å²) in [5.41, 5.74) is 3.44. The van der Waals surface area contributed by atoms with Gasteiger partial charge in [-0.15, -0.1) is 0 Å². The summed E-state index contributed by atoms with van der Waals surface area (Å²) in [7, 11) is -1.49. The van der Waals surface area contributed by atoms with Gasteiger partial charge >= 0.3 is 0 Å². The predicted octanol–water partition coefficient (Wildman–Crippen LogP) is 0.938. The lowest BCUT2D eigenvalue weighted by molar-refractivity contribution is 0.181. The van der Waals surface area contributed by atoms with Gasteiger partial charge in [0.2, 0.25) is 10.0 Å². The minimum absolute atomic E-state index is 0.261. The van der Waals surface area contributed by atoms with Gasteiger partial charge in [0.1, 0.15) is 4.90 Å². The molecule has 0 amide bonds. The number of sulfonamides is 1. The van der Waals surface area contributed by atoms with Gasteiger partial charge < -0.3 is 0 Å². The summed E-state index contributed by atoms with van der Waals surface area (Å²) in [5, 5.41) is 4.45. The molecule has 3 heterocycles. The van der Waals surface area contributed by atoms with Crippen molar-refractivity contribution in [2.75, 3.05) is 26.2 Å². The van der Waals surface area contributed by atoms with Crippen LogP contribution >= 0.6 is 0 Å². The van der Waals surface area contributed by atoms with Gasteiger partial charge in [-0.3, -0.25) is 14.6 Å². The molecule has 2 aromatic rings. The van der Waals surface area contributed by atoms with Gasteiger partial charge in [0, 0.05) is 63.4 Å². The van der Waals surface area contributed by atoms with E-state index < -0.39 is 10.0 Å². The minimum Gasteiger partial charge on any atom is -0.296 e. The minimum atomic E-state index is -3.44. The lowest BCUT2D eigenvalue weighted by Gasteiger charge is -2.34. The maximum Gasteiger partial charge on any atom is 0.244 e. The number of nitrogens with zero attached hydrogens (tertiary/aromatic N) is 5. The van der Waals surface area contributed by atoms with Crippen LogP contribution < -0.4 is 0 Å². The summed E-state index contributed by atoms with van der Waals surface area (Å²) in [6.07, 6.45) is 2.99. The van der Waals surface area contributed by atoms with Crippen LogP contribution in [0.2, 0.25) is 0 Å². The van der Waals surface area contributed by atoms with E-state index in [1.807, 2.05) is 18.7 Å². The van der Waals surface area contributed by atoms with Crippen molar-refractivity contribution in [3.05, 3.63) is 41.5 Å². The maximum atomic E-state index is 12.6. The first kappa shape index (κ1) is 17.1. The maximum absolute atomic E-state index is 12.6. The molecule has 1 aliphatic heterocycles. The second kappa shape index (κ2) is 6.62. The number of rotatable bonds is 4. The molecule has 0 bridgehead atoms. The zero-order chi connectivity index (χ0) is 17.3. The summed E-state index contributed by atoms with van der Waals surface area (Å²) in [6, 6.07) is 3.24. The van der Waals surface area contributed by atoms with Crippen LogP contribution in [0.4, 0.5) is 0 Å². The third-order valence-corrected chi connectivity index (χ3v) is 6.53. The van der Waals surface area contributed by atoms with Crippen LogP contribution in [0.3, 0.4) is 0 Å². The molecule has 130 valence electrons. The summed E-state index contributed by atoms with van der Waals surface area (Å²) in [5.74, 6) is 0. The molecule has 7 nitrogen and oxygen atoms in total. The SMILES string of the molecule is Cc1nn(C)c(C)c1CN1CCN(S(=O)(=O)c2cccnc2)CC1. The summed E-state index contributed by atoms with van der Waals surface area (Å²) in [4.78, 5) is 6.46. The largest absolute Gasteiger partial charge is 0.296 e. The number of pyridine rings is 1. The molecule has 1 aliphatic rings. The highest BCUT2D eigenvalue weighted by Crippen LogP contribution is 2.19. The summed E-state index contributed by atoms with van der Waals surface area (Å²) >= 11 is 0. The van der Waals surface area contributed by atoms with Gasteiger partial charge in [-0.05, 0) is 26.0 Å². The van der Waals surface area contributed by atoms with Crippen molar-refractivity contribution in [1.29, 1.82) is 0 Å². The Bertz CT molecular complexity index is 808. The fourth-order valence-corrected chi connectivity index (χ4v) is 4.43. The Balaban J connectivity index is 1.66. The Morgan fingerprint density at radius 3 is 2.42 bits per heavy atom. The third-order valence-electron chi connectivity index (χ3n) is 4.64. The van der Waals surface area contributed by atoms with E-state index in [1.54, 1.807) is 22.6 Å². The second-order valence-electron chi connectivity index (χ2n) is 6.14. The van der Waals surface area contributed by atoms with E-state index in [2.05, 4.69) is 21.9 Å². The molecule has 0 N–H and O–H groups in total. The molecule has 0 spiro atoms. The number of aromatic nitrogens is 3. The number of aryl methyl sites for hydroxylation is 2. The van der Waals surface area contributed by atoms with Crippen LogP contribution in [-0.4, -0.2) is 58.6 Å². The van der Waals surface area contributed by atoms with E-state index in [-0.39, 0.29) is 4.90 Å². The normalized spacial score (nSPS) is 17.3. The van der Waals surface area contributed by atoms with Crippen molar-refractivity contribution >= 4 is 10.0 Å². The molecule has 0 aliphatic carbocycles. The van der Waals surface area contributed by atoms with E-state index in [4.69, 9.17) is 0 Å². The van der Waals surface area contributed by atoms with Crippen molar-refractivity contribution in [3.8, 4) is 0 Å². The highest BCUT2D eigenvalue weighted by atomic mass is 32.2. The van der Waals surface area contributed by atoms with Crippen molar-refractivity contribution in [1.82, 2.24) is 24.0 Å². The highest BCUT2D eigenvalue weighted by molar-refractivity contribution is 7.89. The Labute approximate surface area is 143 Å². The van der Waals surface area contributed by atoms with E-state index >= 15 is 0 Å². The molecule has 0 saturated carbocycles. The van der Waals surface area contributed by atoms with E-state index in [1.165, 1.54) is 11.8 Å². The van der Waals surface area contributed by atoms with Crippen LogP contribution in [0.1, 0.15) is 17.0 Å². The Kier molecular flexibility index (Phi) is 4.71. The van der Waals surface area contributed by atoms with Crippen LogP contribution in [0, 0.1) is 13.8 Å². The van der Waals surface area contributed by atoms with E-state index in [0.717, 1.165) is 17.9 Å². The molecule has 3 rings (SSSR count). The molecule has 1 saturated heterocycles. The molecule has 0 aromatic carbocycles. The first-order chi connectivity index (χ1) is 11.4. The molecule has 0 radical (unpaired) electrons. The smallest absolute Gasteiger partial charge is 0.244 e. The first-order valence-electron chi connectivity index (χ1n) is 8.01. The third kappa shape index (κ3) is 3.22. The van der Waals surface area contributed by atoms with Crippen molar-refractivity contribution in [2.24, 2.45) is 7.05 Å². The molecule has 1 fully saturated rings. The Morgan fingerprint density at radius 1 is 1.17 bits per heavy atom. The van der Waals surface area contributed by atoms with Crippen molar-refractivity contribution in [2.45, 2.75) is 25.3 Å². The lowest BCUT2D eigenvalue weighted by Crippen LogP contribution is -2.48. The van der Waals surface area contributed by atoms with Gasteiger partial charge in [0.25, 0.3) is 0 Å². The number of hydrogen-bond donors (Lipinski definition) is 0. The van der Waals surface area contributed by atoms with Gasteiger partial charge in [0.05, 0.1) is 5.69 Å². The van der Waals surface area contributed by atoms with Crippen molar-refractivity contribution in [3.63, 3.8) is 0 Å². The van der Waals surface area contributed by atoms with Gasteiger partial charge in [-0.2, -0.15) is 9.40 Å². The van der Waals surface area contributed by atoms with Crippen LogP contribution in [0.5, 0.6) is 0 Å². The standard InChI is InChI=1S/C16H23N5O2S/c1-13-16(14(2)19(3)18-13)12-20-7-9-21(10-8-20)24(22,23)15-5-4-6-17-11-15/h4-6,11H,7-10,12H2,1-3H3. The van der Waals surface area contributed by atoms with Gasteiger partial charge in [-0.25, -0.2) is 8.42 Å². The highest BCUT2D eigenvalue weighted by Gasteiger charge is 2.29. The lowest BCUT2D eigenvalue weighted by atomic mass is 10.1. The first-order valence-corrected chi connectivity index (χ1v) is 9.45.